The van der Waals surface area contributed by atoms with Crippen molar-refractivity contribution >= 4 is 11.8 Å². The first-order valence-corrected chi connectivity index (χ1v) is 6.35. The second kappa shape index (κ2) is 5.89. The monoisotopic (exact) mass is 300 g/mol. The molecular weight excluding hydrogens is 282 g/mol. The molecule has 0 fully saturated rings. The molecule has 0 radical (unpaired) electrons. The Labute approximate surface area is 121 Å². The van der Waals surface area contributed by atoms with Crippen LogP contribution in [-0.2, 0) is 9.59 Å². The molecule has 0 saturated heterocycles. The van der Waals surface area contributed by atoms with Gasteiger partial charge < -0.3 is 10.2 Å². The Hall–Kier alpha value is -1.82. The minimum absolute atomic E-state index is 0.112. The van der Waals surface area contributed by atoms with Gasteiger partial charge in [0, 0.05) is 12.5 Å². The predicted molar refractivity (Wildman–Crippen MR) is 73.0 cm³/mol. The van der Waals surface area contributed by atoms with Gasteiger partial charge in [-0.05, 0) is 37.1 Å². The Bertz CT molecular complexity index is 548. The topological polar surface area (TPSA) is 74.6 Å². The zero-order valence-corrected chi connectivity index (χ0v) is 12.1. The van der Waals surface area contributed by atoms with Gasteiger partial charge in [-0.2, -0.15) is 0 Å². The number of allylic oxidation sites excluding steroid dienone is 3. The molecule has 0 heterocycles. The largest absolute Gasteiger partial charge is 0.478 e. The van der Waals surface area contributed by atoms with Crippen LogP contribution in [-0.4, -0.2) is 34.0 Å². The zero-order chi connectivity index (χ0) is 16.4. The zero-order valence-electron chi connectivity index (χ0n) is 12.1. The number of alkyl halides is 2. The highest BCUT2D eigenvalue weighted by Gasteiger charge is 2.55. The molecular formula is C15H18F2O4. The van der Waals surface area contributed by atoms with Crippen molar-refractivity contribution < 1.29 is 28.6 Å². The fourth-order valence-corrected chi connectivity index (χ4v) is 2.41. The van der Waals surface area contributed by atoms with Gasteiger partial charge >= 0.3 is 5.97 Å². The molecule has 0 aliphatic heterocycles. The third-order valence-corrected chi connectivity index (χ3v) is 3.81. The van der Waals surface area contributed by atoms with Crippen molar-refractivity contribution in [2.75, 3.05) is 0 Å². The van der Waals surface area contributed by atoms with E-state index < -0.39 is 35.6 Å². The van der Waals surface area contributed by atoms with Crippen molar-refractivity contribution in [3.63, 3.8) is 0 Å². The van der Waals surface area contributed by atoms with Gasteiger partial charge in [0.15, 0.2) is 5.78 Å². The van der Waals surface area contributed by atoms with Gasteiger partial charge in [0.25, 0.3) is 0 Å². The fourth-order valence-electron chi connectivity index (χ4n) is 2.41. The summed E-state index contributed by atoms with van der Waals surface area (Å²) in [5.41, 5.74) is -3.57. The van der Waals surface area contributed by atoms with Crippen LogP contribution in [0.15, 0.2) is 35.5 Å². The van der Waals surface area contributed by atoms with Crippen LogP contribution in [0.2, 0.25) is 0 Å². The number of carboxylic acid groups (broad SMARTS) is 1. The summed E-state index contributed by atoms with van der Waals surface area (Å²) in [6, 6.07) is 0. The number of halogens is 2. The Morgan fingerprint density at radius 2 is 2.05 bits per heavy atom. The minimum atomic E-state index is -2.91. The molecule has 0 saturated carbocycles. The number of aliphatic hydroxyl groups is 1. The van der Waals surface area contributed by atoms with Gasteiger partial charge in [0.05, 0.1) is 5.41 Å². The summed E-state index contributed by atoms with van der Waals surface area (Å²) in [5, 5.41) is 19.3. The van der Waals surface area contributed by atoms with Crippen molar-refractivity contribution in [1.82, 2.24) is 0 Å². The van der Waals surface area contributed by atoms with E-state index in [4.69, 9.17) is 5.11 Å². The van der Waals surface area contributed by atoms with Crippen LogP contribution >= 0.6 is 0 Å². The predicted octanol–water partition coefficient (Wildman–Crippen LogP) is 2.50. The van der Waals surface area contributed by atoms with Crippen LogP contribution in [0.4, 0.5) is 8.78 Å². The molecule has 116 valence electrons. The molecule has 1 rings (SSSR count). The Balaban J connectivity index is 3.31. The number of carboxylic acids is 1. The molecule has 0 spiro atoms. The summed E-state index contributed by atoms with van der Waals surface area (Å²) in [4.78, 5) is 22.1. The molecule has 21 heavy (non-hydrogen) atoms. The van der Waals surface area contributed by atoms with E-state index in [1.165, 1.54) is 19.9 Å². The highest BCUT2D eigenvalue weighted by atomic mass is 19.3. The van der Waals surface area contributed by atoms with E-state index in [9.17, 15) is 23.5 Å². The molecule has 0 aromatic carbocycles. The van der Waals surface area contributed by atoms with Gasteiger partial charge in [-0.25, -0.2) is 13.6 Å². The maximum Gasteiger partial charge on any atom is 0.328 e. The van der Waals surface area contributed by atoms with Gasteiger partial charge in [-0.3, -0.25) is 4.79 Å². The number of rotatable bonds is 4. The molecule has 1 aliphatic rings. The first-order chi connectivity index (χ1) is 9.53. The van der Waals surface area contributed by atoms with Crippen LogP contribution in [0.1, 0.15) is 27.2 Å². The lowest BCUT2D eigenvalue weighted by atomic mass is 9.63. The summed E-state index contributed by atoms with van der Waals surface area (Å²) >= 11 is 0. The number of aliphatic carboxylic acids is 1. The highest BCUT2D eigenvalue weighted by Crippen LogP contribution is 2.48. The standard InChI is InChI=1S/C15H18F2O4/c1-9(6-12(19)20)4-5-15(21)10(2)7-11(18)8-14(15,3)13(16)17/h4-7,13,21H,8H2,1-3H3,(H,19,20)/b5-4+,9-6-/t14-,15-/m0/s1. The fraction of sp³-hybridized carbons (Fsp3) is 0.467. The quantitative estimate of drug-likeness (QED) is 0.618. The molecule has 2 N–H and O–H groups in total. The molecule has 6 heteroatoms. The Morgan fingerprint density at radius 3 is 2.52 bits per heavy atom. The average Bonchev–Trinajstić information content (AvgIpc) is 2.32. The smallest absolute Gasteiger partial charge is 0.328 e. The van der Waals surface area contributed by atoms with Crippen molar-refractivity contribution in [1.29, 1.82) is 0 Å². The maximum absolute atomic E-state index is 13.4. The maximum atomic E-state index is 13.4. The van der Waals surface area contributed by atoms with E-state index in [1.807, 2.05) is 0 Å². The van der Waals surface area contributed by atoms with Gasteiger partial charge in [0.1, 0.15) is 5.60 Å². The summed E-state index contributed by atoms with van der Waals surface area (Å²) in [6.07, 6.45) is 1.04. The van der Waals surface area contributed by atoms with Crippen LogP contribution in [0, 0.1) is 5.41 Å². The lowest BCUT2D eigenvalue weighted by Gasteiger charge is -2.45. The van der Waals surface area contributed by atoms with Crippen molar-refractivity contribution in [2.24, 2.45) is 5.41 Å². The summed E-state index contributed by atoms with van der Waals surface area (Å²) in [5.74, 6) is -1.64. The van der Waals surface area contributed by atoms with Crippen molar-refractivity contribution in [3.05, 3.63) is 35.5 Å². The minimum Gasteiger partial charge on any atom is -0.478 e. The van der Waals surface area contributed by atoms with Gasteiger partial charge in [-0.1, -0.05) is 13.0 Å². The molecule has 0 aromatic heterocycles. The normalized spacial score (nSPS) is 30.9. The first-order valence-electron chi connectivity index (χ1n) is 6.35. The van der Waals surface area contributed by atoms with Crippen molar-refractivity contribution in [3.8, 4) is 0 Å². The highest BCUT2D eigenvalue weighted by molar-refractivity contribution is 5.93. The van der Waals surface area contributed by atoms with E-state index in [-0.39, 0.29) is 11.1 Å². The Kier molecular flexibility index (Phi) is 4.83. The number of hydrogen-bond acceptors (Lipinski definition) is 3. The van der Waals surface area contributed by atoms with E-state index >= 15 is 0 Å². The average molecular weight is 300 g/mol. The summed E-state index contributed by atoms with van der Waals surface area (Å²) < 4.78 is 26.8. The van der Waals surface area contributed by atoms with Crippen LogP contribution < -0.4 is 0 Å². The third-order valence-electron chi connectivity index (χ3n) is 3.81. The number of hydrogen-bond donors (Lipinski definition) is 2. The van der Waals surface area contributed by atoms with Crippen LogP contribution in [0.3, 0.4) is 0 Å². The molecule has 2 atom stereocenters. The lowest BCUT2D eigenvalue weighted by Crippen LogP contribution is -2.53. The van der Waals surface area contributed by atoms with E-state index in [2.05, 4.69) is 0 Å². The molecule has 0 bridgehead atoms. The lowest BCUT2D eigenvalue weighted by molar-refractivity contribution is -0.139. The molecule has 1 aliphatic carbocycles. The number of carbonyl (C=O) groups excluding carboxylic acids is 1. The Morgan fingerprint density at radius 1 is 1.48 bits per heavy atom. The first kappa shape index (κ1) is 17.2. The summed E-state index contributed by atoms with van der Waals surface area (Å²) in [7, 11) is 0. The second-order valence-corrected chi connectivity index (χ2v) is 5.51. The van der Waals surface area contributed by atoms with Gasteiger partial charge in [-0.15, -0.1) is 0 Å². The van der Waals surface area contributed by atoms with E-state index in [0.717, 1.165) is 25.2 Å². The summed E-state index contributed by atoms with van der Waals surface area (Å²) in [6.45, 7) is 4.02. The van der Waals surface area contributed by atoms with Crippen LogP contribution in [0.25, 0.3) is 0 Å². The van der Waals surface area contributed by atoms with Crippen molar-refractivity contribution in [2.45, 2.75) is 39.2 Å². The molecule has 0 unspecified atom stereocenters. The van der Waals surface area contributed by atoms with Crippen LogP contribution in [0.5, 0.6) is 0 Å². The number of ketones is 1. The SMILES string of the molecule is CC1=CC(=O)C[C@@](C)(C(F)F)[C@]1(O)/C=C/C(C)=C\C(=O)O. The second-order valence-electron chi connectivity index (χ2n) is 5.51. The van der Waals surface area contributed by atoms with Gasteiger partial charge in [0.2, 0.25) is 6.43 Å². The van der Waals surface area contributed by atoms with E-state index in [0.29, 0.717) is 0 Å². The molecule has 0 amide bonds. The molecule has 0 aromatic rings. The third kappa shape index (κ3) is 3.26. The number of carbonyl (C=O) groups is 2. The van der Waals surface area contributed by atoms with E-state index in [1.54, 1.807) is 0 Å². The molecule has 4 nitrogen and oxygen atoms in total.